The third kappa shape index (κ3) is 3.05. The molecule has 3 amide bonds. The van der Waals surface area contributed by atoms with E-state index in [9.17, 15) is 9.59 Å². The lowest BCUT2D eigenvalue weighted by Gasteiger charge is -2.26. The van der Waals surface area contributed by atoms with Crippen molar-refractivity contribution in [1.29, 1.82) is 0 Å². The quantitative estimate of drug-likeness (QED) is 0.846. The smallest absolute Gasteiger partial charge is 0.419 e. The summed E-state index contributed by atoms with van der Waals surface area (Å²) in [6.45, 7) is 5.73. The molecule has 1 saturated heterocycles. The number of carbonyl (C=O) groups is 2. The van der Waals surface area contributed by atoms with Gasteiger partial charge in [0.2, 0.25) is 0 Å². The molecule has 0 spiro atoms. The van der Waals surface area contributed by atoms with Crippen LogP contribution in [0.4, 0.5) is 9.59 Å². The summed E-state index contributed by atoms with van der Waals surface area (Å²) in [4.78, 5) is 25.0. The van der Waals surface area contributed by atoms with E-state index in [1.165, 1.54) is 0 Å². The van der Waals surface area contributed by atoms with Gasteiger partial charge in [0, 0.05) is 6.54 Å². The van der Waals surface area contributed by atoms with E-state index in [1.54, 1.807) is 20.8 Å². The Bertz CT molecular complexity index is 479. The standard InChI is InChI=1S/C14H18N2O3/c1-14(2,3)19-13(18)16-11(9-15-12(16)17)10-7-5-4-6-8-10/h4-8,11H,9H2,1-3H3,(H,15,17)/t11-/m0/s1. The van der Waals surface area contributed by atoms with E-state index in [0.29, 0.717) is 6.54 Å². The Labute approximate surface area is 112 Å². The minimum atomic E-state index is -0.624. The monoisotopic (exact) mass is 262 g/mol. The molecule has 1 aliphatic heterocycles. The van der Waals surface area contributed by atoms with Crippen molar-refractivity contribution in [1.82, 2.24) is 10.2 Å². The van der Waals surface area contributed by atoms with Crippen molar-refractivity contribution in [2.24, 2.45) is 0 Å². The number of rotatable bonds is 1. The Morgan fingerprint density at radius 3 is 2.53 bits per heavy atom. The maximum Gasteiger partial charge on any atom is 0.419 e. The van der Waals surface area contributed by atoms with Crippen molar-refractivity contribution in [3.8, 4) is 0 Å². The van der Waals surface area contributed by atoms with Gasteiger partial charge in [0.05, 0.1) is 6.04 Å². The van der Waals surface area contributed by atoms with E-state index in [0.717, 1.165) is 10.5 Å². The fraction of sp³-hybridized carbons (Fsp3) is 0.429. The first kappa shape index (κ1) is 13.4. The summed E-state index contributed by atoms with van der Waals surface area (Å²) in [6.07, 6.45) is -0.614. The molecular formula is C14H18N2O3. The molecule has 1 atom stereocenters. The highest BCUT2D eigenvalue weighted by Gasteiger charge is 2.39. The number of nitrogens with one attached hydrogen (secondary N) is 1. The lowest BCUT2D eigenvalue weighted by Crippen LogP contribution is -2.40. The number of nitrogens with zero attached hydrogens (tertiary/aromatic N) is 1. The molecule has 2 rings (SSSR count). The molecule has 0 aliphatic carbocycles. The second kappa shape index (κ2) is 4.91. The molecule has 1 N–H and O–H groups in total. The summed E-state index contributed by atoms with van der Waals surface area (Å²) in [7, 11) is 0. The third-order valence-corrected chi connectivity index (χ3v) is 2.75. The number of urea groups is 1. The molecule has 1 heterocycles. The Balaban J connectivity index is 2.21. The summed E-state index contributed by atoms with van der Waals surface area (Å²) in [5, 5.41) is 2.67. The van der Waals surface area contributed by atoms with Gasteiger partial charge < -0.3 is 10.1 Å². The molecule has 0 aromatic heterocycles. The van der Waals surface area contributed by atoms with Crippen LogP contribution in [0.3, 0.4) is 0 Å². The second-order valence-electron chi connectivity index (χ2n) is 5.46. The number of amides is 3. The van der Waals surface area contributed by atoms with E-state index >= 15 is 0 Å². The molecule has 0 bridgehead atoms. The minimum absolute atomic E-state index is 0.316. The number of benzene rings is 1. The van der Waals surface area contributed by atoms with E-state index in [1.807, 2.05) is 30.3 Å². The number of imide groups is 1. The van der Waals surface area contributed by atoms with E-state index in [-0.39, 0.29) is 6.04 Å². The van der Waals surface area contributed by atoms with Gasteiger partial charge in [-0.05, 0) is 26.3 Å². The van der Waals surface area contributed by atoms with Gasteiger partial charge in [-0.1, -0.05) is 30.3 Å². The van der Waals surface area contributed by atoms with Crippen LogP contribution >= 0.6 is 0 Å². The number of hydrogen-bond donors (Lipinski definition) is 1. The zero-order chi connectivity index (χ0) is 14.0. The average Bonchev–Trinajstić information content (AvgIpc) is 2.70. The van der Waals surface area contributed by atoms with Gasteiger partial charge >= 0.3 is 12.1 Å². The predicted molar refractivity (Wildman–Crippen MR) is 70.7 cm³/mol. The first-order valence-electron chi connectivity index (χ1n) is 6.23. The molecule has 19 heavy (non-hydrogen) atoms. The van der Waals surface area contributed by atoms with Gasteiger partial charge in [-0.2, -0.15) is 0 Å². The van der Waals surface area contributed by atoms with E-state index in [2.05, 4.69) is 5.32 Å². The van der Waals surface area contributed by atoms with Crippen molar-refractivity contribution < 1.29 is 14.3 Å². The van der Waals surface area contributed by atoms with Crippen LogP contribution in [0.25, 0.3) is 0 Å². The molecule has 5 heteroatoms. The molecule has 0 radical (unpaired) electrons. The molecule has 0 saturated carbocycles. The van der Waals surface area contributed by atoms with Crippen LogP contribution in [-0.4, -0.2) is 29.2 Å². The molecule has 1 aliphatic rings. The van der Waals surface area contributed by atoms with Crippen molar-refractivity contribution in [3.63, 3.8) is 0 Å². The van der Waals surface area contributed by atoms with Crippen LogP contribution in [-0.2, 0) is 4.74 Å². The SMILES string of the molecule is CC(C)(C)OC(=O)N1C(=O)NC[C@H]1c1ccccc1. The first-order chi connectivity index (χ1) is 8.88. The molecule has 5 nitrogen and oxygen atoms in total. The highest BCUT2D eigenvalue weighted by atomic mass is 16.6. The van der Waals surface area contributed by atoms with Gasteiger partial charge in [0.25, 0.3) is 0 Å². The molecular weight excluding hydrogens is 244 g/mol. The Morgan fingerprint density at radius 2 is 1.95 bits per heavy atom. The highest BCUT2D eigenvalue weighted by Crippen LogP contribution is 2.26. The maximum absolute atomic E-state index is 12.1. The zero-order valence-corrected chi connectivity index (χ0v) is 11.3. The maximum atomic E-state index is 12.1. The van der Waals surface area contributed by atoms with E-state index < -0.39 is 17.7 Å². The number of ether oxygens (including phenoxy) is 1. The molecule has 1 aromatic rings. The highest BCUT2D eigenvalue weighted by molar-refractivity contribution is 5.93. The van der Waals surface area contributed by atoms with Crippen LogP contribution in [0.15, 0.2) is 30.3 Å². The second-order valence-corrected chi connectivity index (χ2v) is 5.46. The lowest BCUT2D eigenvalue weighted by atomic mass is 10.1. The third-order valence-electron chi connectivity index (χ3n) is 2.75. The van der Waals surface area contributed by atoms with Crippen LogP contribution in [0.1, 0.15) is 32.4 Å². The zero-order valence-electron chi connectivity index (χ0n) is 11.3. The predicted octanol–water partition coefficient (Wildman–Crippen LogP) is 2.69. The Morgan fingerprint density at radius 1 is 1.32 bits per heavy atom. The van der Waals surface area contributed by atoms with Gasteiger partial charge in [-0.15, -0.1) is 0 Å². The van der Waals surface area contributed by atoms with Crippen LogP contribution in [0.2, 0.25) is 0 Å². The van der Waals surface area contributed by atoms with Crippen molar-refractivity contribution >= 4 is 12.1 Å². The fourth-order valence-electron chi connectivity index (χ4n) is 1.97. The average molecular weight is 262 g/mol. The molecule has 102 valence electrons. The number of carbonyl (C=O) groups excluding carboxylic acids is 2. The van der Waals surface area contributed by atoms with Crippen molar-refractivity contribution in [2.75, 3.05) is 6.54 Å². The van der Waals surface area contributed by atoms with E-state index in [4.69, 9.17) is 4.74 Å². The summed E-state index contributed by atoms with van der Waals surface area (Å²) in [5.41, 5.74) is 0.285. The fourth-order valence-corrected chi connectivity index (χ4v) is 1.97. The molecule has 1 fully saturated rings. The van der Waals surface area contributed by atoms with Crippen molar-refractivity contribution in [3.05, 3.63) is 35.9 Å². The van der Waals surface area contributed by atoms with Gasteiger partial charge in [-0.25, -0.2) is 14.5 Å². The number of hydrogen-bond acceptors (Lipinski definition) is 3. The summed E-state index contributed by atoms with van der Waals surface area (Å²) in [5.74, 6) is 0. The summed E-state index contributed by atoms with van der Waals surface area (Å²) in [6, 6.07) is 8.71. The summed E-state index contributed by atoms with van der Waals surface area (Å²) < 4.78 is 5.27. The van der Waals surface area contributed by atoms with Crippen LogP contribution in [0.5, 0.6) is 0 Å². The largest absolute Gasteiger partial charge is 0.443 e. The normalized spacial score (nSPS) is 19.2. The van der Waals surface area contributed by atoms with Gasteiger partial charge in [-0.3, -0.25) is 0 Å². The Hall–Kier alpha value is -2.04. The Kier molecular flexibility index (Phi) is 3.46. The lowest BCUT2D eigenvalue weighted by molar-refractivity contribution is 0.0298. The topological polar surface area (TPSA) is 58.6 Å². The van der Waals surface area contributed by atoms with Crippen molar-refractivity contribution in [2.45, 2.75) is 32.4 Å². The van der Waals surface area contributed by atoms with Crippen LogP contribution in [0, 0.1) is 0 Å². The first-order valence-corrected chi connectivity index (χ1v) is 6.23. The van der Waals surface area contributed by atoms with Gasteiger partial charge in [0.15, 0.2) is 0 Å². The molecule has 1 aromatic carbocycles. The summed E-state index contributed by atoms with van der Waals surface area (Å²) >= 11 is 0. The van der Waals surface area contributed by atoms with Gasteiger partial charge in [0.1, 0.15) is 5.60 Å². The van der Waals surface area contributed by atoms with Crippen LogP contribution < -0.4 is 5.32 Å². The molecule has 0 unspecified atom stereocenters. The minimum Gasteiger partial charge on any atom is -0.443 e.